The summed E-state index contributed by atoms with van der Waals surface area (Å²) < 4.78 is 6.81. The molecule has 0 saturated heterocycles. The molecule has 0 radical (unpaired) electrons. The molecule has 0 spiro atoms. The van der Waals surface area contributed by atoms with Gasteiger partial charge in [-0.15, -0.1) is 0 Å². The third-order valence-electron chi connectivity index (χ3n) is 2.15. The van der Waals surface area contributed by atoms with E-state index in [-0.39, 0.29) is 17.4 Å². The Morgan fingerprint density at radius 2 is 1.91 bits per heavy atom. The van der Waals surface area contributed by atoms with E-state index in [2.05, 4.69) is 74.9 Å². The fraction of sp³-hybridized carbons (Fsp3) is 0.455. The summed E-state index contributed by atoms with van der Waals surface area (Å²) in [6.45, 7) is 5.50. The Hall–Kier alpha value is 0.594. The molecule has 2 N–H and O–H groups in total. The number of nitrogen functional groups attached to an aromatic ring is 1. The van der Waals surface area contributed by atoms with Crippen molar-refractivity contribution in [3.05, 3.63) is 12.7 Å². The number of hydrogen-bond donors (Lipinski definition) is 1. The van der Waals surface area contributed by atoms with Crippen LogP contribution in [0.3, 0.4) is 0 Å². The number of carbonyl (C=O) groups is 1. The van der Waals surface area contributed by atoms with Gasteiger partial charge in [-0.1, -0.05) is 0 Å². The van der Waals surface area contributed by atoms with Crippen LogP contribution in [0.5, 0.6) is 0 Å². The van der Waals surface area contributed by atoms with Gasteiger partial charge >= 0.3 is 70.8 Å². The van der Waals surface area contributed by atoms with Gasteiger partial charge in [-0.3, -0.25) is 4.79 Å². The van der Waals surface area contributed by atoms with E-state index in [1.165, 1.54) is 12.7 Å². The zero-order valence-corrected chi connectivity index (χ0v) is 20.0. The summed E-state index contributed by atoms with van der Waals surface area (Å²) >= 11 is 7.39. The molecule has 2 rings (SSSR count). The van der Waals surface area contributed by atoms with Gasteiger partial charge in [0.05, 0.1) is 6.33 Å². The molecule has 0 aliphatic heterocycles. The first kappa shape index (κ1) is 20.6. The molecular formula is C11H15I3N5O2V. The van der Waals surface area contributed by atoms with Gasteiger partial charge in [0.2, 0.25) is 0 Å². The number of anilines is 1. The van der Waals surface area contributed by atoms with E-state index in [1.54, 1.807) is 4.57 Å². The van der Waals surface area contributed by atoms with E-state index in [1.807, 2.05) is 20.8 Å². The quantitative estimate of drug-likeness (QED) is 0.386. The van der Waals surface area contributed by atoms with Gasteiger partial charge in [0.15, 0.2) is 11.5 Å². The number of halogens is 3. The van der Waals surface area contributed by atoms with E-state index < -0.39 is 5.60 Å². The molecule has 0 aliphatic carbocycles. The number of carbonyl (C=O) groups excluding carboxylic acids is 1. The fourth-order valence-corrected chi connectivity index (χ4v) is 1.53. The van der Waals surface area contributed by atoms with Crippen molar-refractivity contribution >= 4 is 82.9 Å². The standard InChI is InChI=1S/C11H15N5O2.3HI.V/c1-11(2,3)18-7(17)4-16-6-15-8-9(12)13-5-14-10(8)16;;;;/h5-6H,4H2,1-3H3,(H2,12,13,14);3*1H;/q;;;;+3/p-3. The second-order valence-electron chi connectivity index (χ2n) is 5.08. The molecule has 0 fully saturated rings. The van der Waals surface area contributed by atoms with E-state index in [0.717, 1.165) is 0 Å². The van der Waals surface area contributed by atoms with E-state index in [0.29, 0.717) is 17.0 Å². The second-order valence-corrected chi connectivity index (χ2v) is 40.5. The van der Waals surface area contributed by atoms with Gasteiger partial charge in [0.25, 0.3) is 0 Å². The van der Waals surface area contributed by atoms with Crippen LogP contribution in [-0.4, -0.2) is 31.1 Å². The van der Waals surface area contributed by atoms with Crippen molar-refractivity contribution in [1.82, 2.24) is 19.5 Å². The summed E-state index contributed by atoms with van der Waals surface area (Å²) in [6, 6.07) is 0. The van der Waals surface area contributed by atoms with Crippen LogP contribution in [0, 0.1) is 0 Å². The molecule has 0 amide bonds. The van der Waals surface area contributed by atoms with Gasteiger partial charge in [0, 0.05) is 0 Å². The molecule has 0 aromatic carbocycles. The van der Waals surface area contributed by atoms with Gasteiger partial charge < -0.3 is 15.0 Å². The summed E-state index contributed by atoms with van der Waals surface area (Å²) in [4.78, 5) is 23.4. The van der Waals surface area contributed by atoms with Crippen LogP contribution in [-0.2, 0) is 21.0 Å². The predicted molar refractivity (Wildman–Crippen MR) is 108 cm³/mol. The monoisotopic (exact) mass is 681 g/mol. The number of esters is 1. The zero-order valence-electron chi connectivity index (χ0n) is 12.1. The first-order valence-corrected chi connectivity index (χ1v) is 19.5. The van der Waals surface area contributed by atoms with Crippen LogP contribution in [0.1, 0.15) is 20.8 Å². The maximum atomic E-state index is 11.7. The Labute approximate surface area is 166 Å². The van der Waals surface area contributed by atoms with E-state index in [9.17, 15) is 4.79 Å². The molecule has 22 heavy (non-hydrogen) atoms. The van der Waals surface area contributed by atoms with Crippen molar-refractivity contribution in [3.63, 3.8) is 0 Å². The normalized spacial score (nSPS) is 11.2. The number of rotatable bonds is 2. The fourth-order valence-electron chi connectivity index (χ4n) is 1.53. The molecule has 2 heterocycles. The minimum atomic E-state index is -0.512. The number of nitrogens with zero attached hydrogens (tertiary/aromatic N) is 4. The summed E-state index contributed by atoms with van der Waals surface area (Å²) in [6.07, 6.45) is 2.84. The maximum absolute atomic E-state index is 11.7. The molecule has 2 aromatic heterocycles. The van der Waals surface area contributed by atoms with Crippen LogP contribution in [0.2, 0.25) is 0 Å². The van der Waals surface area contributed by atoms with Crippen molar-refractivity contribution in [2.45, 2.75) is 32.9 Å². The number of ether oxygens (including phenoxy) is 1. The van der Waals surface area contributed by atoms with Crippen molar-refractivity contribution in [1.29, 1.82) is 0 Å². The molecule has 2 aromatic rings. The number of nitrogens with two attached hydrogens (primary N) is 1. The van der Waals surface area contributed by atoms with Crippen LogP contribution in [0.4, 0.5) is 5.82 Å². The Morgan fingerprint density at radius 3 is 2.45 bits per heavy atom. The van der Waals surface area contributed by atoms with E-state index in [4.69, 9.17) is 10.5 Å². The SMILES string of the molecule is CC(C)(C)OC(=O)Cn1cnc2c(N)ncnc21.[I][V]([I])[I]. The molecule has 11 heteroatoms. The topological polar surface area (TPSA) is 95.9 Å². The first-order chi connectivity index (χ1) is 10.1. The Morgan fingerprint density at radius 1 is 1.32 bits per heavy atom. The molecule has 0 atom stereocenters. The first-order valence-electron chi connectivity index (χ1n) is 6.01. The number of hydrogen-bond acceptors (Lipinski definition) is 6. The van der Waals surface area contributed by atoms with Gasteiger partial charge in [-0.05, 0) is 20.8 Å². The van der Waals surface area contributed by atoms with E-state index >= 15 is 0 Å². The minimum absolute atomic E-state index is 0.0459. The average molecular weight is 681 g/mol. The van der Waals surface area contributed by atoms with Crippen LogP contribution < -0.4 is 5.73 Å². The van der Waals surface area contributed by atoms with Crippen LogP contribution in [0.15, 0.2) is 12.7 Å². The van der Waals surface area contributed by atoms with Crippen molar-refractivity contribution in [2.24, 2.45) is 0 Å². The summed E-state index contributed by atoms with van der Waals surface area (Å²) in [5.41, 5.74) is 6.16. The summed E-state index contributed by atoms with van der Waals surface area (Å²) in [5, 5.41) is 0. The molecular weight excluding hydrogens is 666 g/mol. The third-order valence-corrected chi connectivity index (χ3v) is 2.15. The molecule has 0 bridgehead atoms. The predicted octanol–water partition coefficient (Wildman–Crippen LogP) is 3.40. The van der Waals surface area contributed by atoms with Crippen molar-refractivity contribution in [2.75, 3.05) is 5.73 Å². The zero-order chi connectivity index (χ0) is 16.9. The number of fused-ring (bicyclic) bond motifs is 1. The van der Waals surface area contributed by atoms with Crippen molar-refractivity contribution < 1.29 is 14.5 Å². The van der Waals surface area contributed by atoms with Gasteiger partial charge in [-0.25, -0.2) is 15.0 Å². The number of imidazole rings is 1. The average Bonchev–Trinajstić information content (AvgIpc) is 2.70. The molecule has 0 aliphatic rings. The van der Waals surface area contributed by atoms with Crippen LogP contribution >= 0.6 is 59.9 Å². The molecule has 122 valence electrons. The Balaban J connectivity index is 0.000000541. The molecule has 0 saturated carbocycles. The summed E-state index contributed by atoms with van der Waals surface area (Å²) in [5.74, 6) is -0.0538. The van der Waals surface area contributed by atoms with Gasteiger partial charge in [0.1, 0.15) is 24.0 Å². The summed E-state index contributed by atoms with van der Waals surface area (Å²) in [7, 11) is 0. The Bertz CT molecular complexity index is 641. The molecule has 7 nitrogen and oxygen atoms in total. The second kappa shape index (κ2) is 9.18. The van der Waals surface area contributed by atoms with Gasteiger partial charge in [-0.2, -0.15) is 0 Å². The number of aromatic nitrogens is 4. The molecule has 0 unspecified atom stereocenters. The van der Waals surface area contributed by atoms with Crippen LogP contribution in [0.25, 0.3) is 11.2 Å². The Kier molecular flexibility index (Phi) is 8.61. The van der Waals surface area contributed by atoms with Crippen molar-refractivity contribution in [3.8, 4) is 0 Å². The third kappa shape index (κ3) is 7.44.